The molecule has 2 aromatic carbocycles. The molecule has 5 nitrogen and oxygen atoms in total. The highest BCUT2D eigenvalue weighted by Gasteiger charge is 2.31. The zero-order valence-corrected chi connectivity index (χ0v) is 22.7. The summed E-state index contributed by atoms with van der Waals surface area (Å²) < 4.78 is 16.7. The standard InChI is InChI=1S/C27H28N2O3S3/c1-27(2)13-21-22(14-32-27)35-25-23(21)24(33-15-17-5-9-19(30-3)10-6-17)28-26(29-25)34-16-18-7-11-20(31-4)12-8-18/h5-12H,13-16H2,1-4H3. The van der Waals surface area contributed by atoms with Crippen molar-refractivity contribution in [3.63, 3.8) is 0 Å². The third-order valence-corrected chi connectivity index (χ3v) is 9.00. The molecule has 0 bridgehead atoms. The fourth-order valence-electron chi connectivity index (χ4n) is 4.01. The summed E-state index contributed by atoms with van der Waals surface area (Å²) >= 11 is 5.20. The predicted octanol–water partition coefficient (Wildman–Crippen LogP) is 7.14. The van der Waals surface area contributed by atoms with Crippen LogP contribution in [0.1, 0.15) is 35.4 Å². The number of thiophene rings is 1. The Morgan fingerprint density at radius 2 is 1.49 bits per heavy atom. The van der Waals surface area contributed by atoms with Gasteiger partial charge in [0.2, 0.25) is 0 Å². The van der Waals surface area contributed by atoms with Gasteiger partial charge in [0.15, 0.2) is 5.16 Å². The molecule has 182 valence electrons. The van der Waals surface area contributed by atoms with E-state index in [9.17, 15) is 0 Å². The second-order valence-electron chi connectivity index (χ2n) is 8.99. The van der Waals surface area contributed by atoms with Crippen LogP contribution in [0.3, 0.4) is 0 Å². The van der Waals surface area contributed by atoms with Crippen molar-refractivity contribution in [1.29, 1.82) is 0 Å². The number of methoxy groups -OCH3 is 2. The summed E-state index contributed by atoms with van der Waals surface area (Å²) in [6, 6.07) is 16.4. The van der Waals surface area contributed by atoms with E-state index in [0.717, 1.165) is 44.4 Å². The first-order valence-corrected chi connectivity index (χ1v) is 14.2. The average Bonchev–Trinajstić information content (AvgIpc) is 3.23. The highest BCUT2D eigenvalue weighted by molar-refractivity contribution is 7.99. The molecule has 1 aliphatic heterocycles. The van der Waals surface area contributed by atoms with E-state index in [-0.39, 0.29) is 5.60 Å². The average molecular weight is 525 g/mol. The summed E-state index contributed by atoms with van der Waals surface area (Å²) in [5, 5.41) is 3.07. The number of nitrogens with zero attached hydrogens (tertiary/aromatic N) is 2. The van der Waals surface area contributed by atoms with Gasteiger partial charge in [0, 0.05) is 28.2 Å². The second-order valence-corrected chi connectivity index (χ2v) is 12.0. The lowest BCUT2D eigenvalue weighted by atomic mass is 9.95. The number of benzene rings is 2. The highest BCUT2D eigenvalue weighted by atomic mass is 32.2. The van der Waals surface area contributed by atoms with Crippen LogP contribution in [0.5, 0.6) is 11.5 Å². The Hall–Kier alpha value is -2.26. The number of rotatable bonds is 8. The maximum absolute atomic E-state index is 6.09. The van der Waals surface area contributed by atoms with Crippen LogP contribution in [-0.4, -0.2) is 29.8 Å². The Morgan fingerprint density at radius 3 is 2.09 bits per heavy atom. The molecule has 0 aliphatic carbocycles. The van der Waals surface area contributed by atoms with E-state index < -0.39 is 0 Å². The van der Waals surface area contributed by atoms with Crippen molar-refractivity contribution in [2.45, 2.75) is 54.2 Å². The van der Waals surface area contributed by atoms with Gasteiger partial charge in [-0.25, -0.2) is 9.97 Å². The summed E-state index contributed by atoms with van der Waals surface area (Å²) in [5.74, 6) is 3.38. The second kappa shape index (κ2) is 10.4. The van der Waals surface area contributed by atoms with E-state index in [1.165, 1.54) is 27.0 Å². The largest absolute Gasteiger partial charge is 0.497 e. The van der Waals surface area contributed by atoms with Gasteiger partial charge >= 0.3 is 0 Å². The molecule has 0 N–H and O–H groups in total. The topological polar surface area (TPSA) is 53.5 Å². The molecule has 5 rings (SSSR count). The van der Waals surface area contributed by atoms with E-state index in [0.29, 0.717) is 6.61 Å². The van der Waals surface area contributed by atoms with E-state index in [1.807, 2.05) is 24.3 Å². The van der Waals surface area contributed by atoms with Gasteiger partial charge in [-0.3, -0.25) is 0 Å². The molecule has 0 radical (unpaired) electrons. The number of ether oxygens (including phenoxy) is 3. The minimum Gasteiger partial charge on any atom is -0.497 e. The molecule has 35 heavy (non-hydrogen) atoms. The molecule has 4 aromatic rings. The first kappa shape index (κ1) is 24.4. The van der Waals surface area contributed by atoms with Crippen molar-refractivity contribution in [2.24, 2.45) is 0 Å². The molecule has 2 aromatic heterocycles. The van der Waals surface area contributed by atoms with E-state index in [2.05, 4.69) is 38.1 Å². The number of fused-ring (bicyclic) bond motifs is 3. The lowest BCUT2D eigenvalue weighted by molar-refractivity contribution is -0.0379. The molecule has 1 aliphatic rings. The highest BCUT2D eigenvalue weighted by Crippen LogP contribution is 2.43. The van der Waals surface area contributed by atoms with E-state index >= 15 is 0 Å². The monoisotopic (exact) mass is 524 g/mol. The first-order chi connectivity index (χ1) is 16.9. The van der Waals surface area contributed by atoms with Crippen molar-refractivity contribution in [3.05, 3.63) is 70.1 Å². The summed E-state index contributed by atoms with van der Waals surface area (Å²) in [6.07, 6.45) is 0.875. The fraction of sp³-hybridized carbons (Fsp3) is 0.333. The van der Waals surface area contributed by atoms with Crippen molar-refractivity contribution in [3.8, 4) is 11.5 Å². The van der Waals surface area contributed by atoms with Gasteiger partial charge in [-0.2, -0.15) is 0 Å². The van der Waals surface area contributed by atoms with Gasteiger partial charge in [0.25, 0.3) is 0 Å². The Morgan fingerprint density at radius 1 is 0.886 bits per heavy atom. The van der Waals surface area contributed by atoms with E-state index in [4.69, 9.17) is 24.2 Å². The summed E-state index contributed by atoms with van der Waals surface area (Å²) in [7, 11) is 3.38. The van der Waals surface area contributed by atoms with Crippen molar-refractivity contribution < 1.29 is 14.2 Å². The number of thioether (sulfide) groups is 2. The lowest BCUT2D eigenvalue weighted by Gasteiger charge is -2.30. The van der Waals surface area contributed by atoms with Crippen LogP contribution in [-0.2, 0) is 29.3 Å². The molecule has 0 saturated carbocycles. The molecule has 3 heterocycles. The quantitative estimate of drug-likeness (QED) is 0.138. The van der Waals surface area contributed by atoms with Crippen LogP contribution in [0.2, 0.25) is 0 Å². The van der Waals surface area contributed by atoms with Gasteiger partial charge < -0.3 is 14.2 Å². The molecule has 0 spiro atoms. The van der Waals surface area contributed by atoms with Gasteiger partial charge in [0.05, 0.1) is 26.4 Å². The molecule has 0 atom stereocenters. The van der Waals surface area contributed by atoms with Crippen molar-refractivity contribution in [1.82, 2.24) is 9.97 Å². The van der Waals surface area contributed by atoms with Crippen LogP contribution >= 0.6 is 34.9 Å². The Kier molecular flexibility index (Phi) is 7.25. The molecular formula is C27H28N2O3S3. The summed E-state index contributed by atoms with van der Waals surface area (Å²) in [6.45, 7) is 4.95. The molecule has 8 heteroatoms. The predicted molar refractivity (Wildman–Crippen MR) is 145 cm³/mol. The fourth-order valence-corrected chi connectivity index (χ4v) is 7.10. The molecule has 0 saturated heterocycles. The maximum Gasteiger partial charge on any atom is 0.190 e. The normalized spacial score (nSPS) is 14.6. The number of hydrogen-bond donors (Lipinski definition) is 0. The zero-order valence-electron chi connectivity index (χ0n) is 20.3. The smallest absolute Gasteiger partial charge is 0.190 e. The SMILES string of the molecule is COc1ccc(CSc2nc(SCc3ccc(OC)cc3)c3c4c(sc3n2)COC(C)(C)C4)cc1. The molecule has 0 amide bonds. The van der Waals surface area contributed by atoms with Gasteiger partial charge in [-0.1, -0.05) is 36.0 Å². The number of aromatic nitrogens is 2. The minimum atomic E-state index is -0.180. The Labute approximate surface area is 218 Å². The van der Waals surface area contributed by atoms with Crippen LogP contribution < -0.4 is 9.47 Å². The third kappa shape index (κ3) is 5.61. The van der Waals surface area contributed by atoms with Gasteiger partial charge in [-0.05, 0) is 54.8 Å². The van der Waals surface area contributed by atoms with Gasteiger partial charge in [0.1, 0.15) is 21.4 Å². The Balaban J connectivity index is 1.45. The third-order valence-electron chi connectivity index (χ3n) is 5.94. The lowest BCUT2D eigenvalue weighted by Crippen LogP contribution is -2.31. The summed E-state index contributed by atoms with van der Waals surface area (Å²) in [4.78, 5) is 12.4. The molecule has 0 unspecified atom stereocenters. The first-order valence-electron chi connectivity index (χ1n) is 11.4. The maximum atomic E-state index is 6.09. The van der Waals surface area contributed by atoms with Crippen LogP contribution in [0.15, 0.2) is 58.7 Å². The summed E-state index contributed by atoms with van der Waals surface area (Å²) in [5.41, 5.74) is 3.63. The Bertz CT molecular complexity index is 1320. The van der Waals surface area contributed by atoms with Crippen molar-refractivity contribution in [2.75, 3.05) is 14.2 Å². The van der Waals surface area contributed by atoms with Crippen molar-refractivity contribution >= 4 is 45.1 Å². The number of hydrogen-bond acceptors (Lipinski definition) is 8. The zero-order chi connectivity index (χ0) is 24.4. The van der Waals surface area contributed by atoms with E-state index in [1.54, 1.807) is 49.1 Å². The van der Waals surface area contributed by atoms with Crippen LogP contribution in [0, 0.1) is 0 Å². The molecule has 0 fully saturated rings. The van der Waals surface area contributed by atoms with Crippen LogP contribution in [0.25, 0.3) is 10.2 Å². The minimum absolute atomic E-state index is 0.180. The molecular weight excluding hydrogens is 497 g/mol. The van der Waals surface area contributed by atoms with Gasteiger partial charge in [-0.15, -0.1) is 23.1 Å². The van der Waals surface area contributed by atoms with Crippen LogP contribution in [0.4, 0.5) is 0 Å².